The molecule has 0 aromatic carbocycles. The van der Waals surface area contributed by atoms with Gasteiger partial charge < -0.3 is 10.1 Å². The van der Waals surface area contributed by atoms with E-state index in [2.05, 4.69) is 19.2 Å². The number of unbranched alkanes of at least 4 members (excludes halogenated alkanes) is 1. The third-order valence-corrected chi connectivity index (χ3v) is 5.69. The maximum Gasteiger partial charge on any atom is 0.150 e. The van der Waals surface area contributed by atoms with E-state index in [1.165, 1.54) is 0 Å². The molecule has 0 bridgehead atoms. The predicted molar refractivity (Wildman–Crippen MR) is 79.1 cm³/mol. The molecule has 5 heteroatoms. The first-order chi connectivity index (χ1) is 8.94. The highest BCUT2D eigenvalue weighted by atomic mass is 32.2. The predicted octanol–water partition coefficient (Wildman–Crippen LogP) is 1.85. The number of nitrogens with one attached hydrogen (secondary N) is 1. The minimum Gasteiger partial charge on any atom is -0.385 e. The lowest BCUT2D eigenvalue weighted by Gasteiger charge is -2.24. The second-order valence-electron chi connectivity index (χ2n) is 5.97. The molecule has 1 heterocycles. The van der Waals surface area contributed by atoms with Crippen molar-refractivity contribution in [2.24, 2.45) is 11.8 Å². The molecule has 0 aliphatic carbocycles. The van der Waals surface area contributed by atoms with Gasteiger partial charge in [-0.25, -0.2) is 8.42 Å². The Labute approximate surface area is 118 Å². The second kappa shape index (κ2) is 8.22. The Balaban J connectivity index is 2.44. The molecule has 1 fully saturated rings. The summed E-state index contributed by atoms with van der Waals surface area (Å²) in [5, 5.41) is 3.46. The highest BCUT2D eigenvalue weighted by Gasteiger charge is 2.33. The van der Waals surface area contributed by atoms with Gasteiger partial charge in [-0.05, 0) is 37.6 Å². The largest absolute Gasteiger partial charge is 0.385 e. The third kappa shape index (κ3) is 6.72. The van der Waals surface area contributed by atoms with Crippen molar-refractivity contribution in [1.82, 2.24) is 5.32 Å². The standard InChI is InChI=1S/C14H29NO3S/c1-12(2)15-10-13(6-4-5-8-18-3)14-7-9-19(16,17)11-14/h12-15H,4-11H2,1-3H3. The number of hydrogen-bond donors (Lipinski definition) is 1. The molecule has 1 rings (SSSR count). The zero-order chi connectivity index (χ0) is 14.3. The Morgan fingerprint density at radius 3 is 2.58 bits per heavy atom. The molecule has 0 aromatic rings. The lowest BCUT2D eigenvalue weighted by atomic mass is 9.87. The van der Waals surface area contributed by atoms with Gasteiger partial charge in [0, 0.05) is 19.8 Å². The molecule has 4 nitrogen and oxygen atoms in total. The molecule has 0 spiro atoms. The maximum absolute atomic E-state index is 11.6. The zero-order valence-corrected chi connectivity index (χ0v) is 13.3. The number of ether oxygens (including phenoxy) is 1. The highest BCUT2D eigenvalue weighted by molar-refractivity contribution is 7.91. The van der Waals surface area contributed by atoms with Gasteiger partial charge in [-0.3, -0.25) is 0 Å². The van der Waals surface area contributed by atoms with E-state index in [-0.39, 0.29) is 0 Å². The molecular formula is C14H29NO3S. The van der Waals surface area contributed by atoms with Crippen LogP contribution in [-0.2, 0) is 14.6 Å². The van der Waals surface area contributed by atoms with Crippen molar-refractivity contribution < 1.29 is 13.2 Å². The van der Waals surface area contributed by atoms with Gasteiger partial charge in [0.1, 0.15) is 0 Å². The molecule has 114 valence electrons. The summed E-state index contributed by atoms with van der Waals surface area (Å²) in [5.74, 6) is 1.60. The van der Waals surface area contributed by atoms with Gasteiger partial charge >= 0.3 is 0 Å². The molecule has 1 saturated heterocycles. The van der Waals surface area contributed by atoms with E-state index in [9.17, 15) is 8.42 Å². The van der Waals surface area contributed by atoms with Crippen molar-refractivity contribution in [3.8, 4) is 0 Å². The average Bonchev–Trinajstić information content (AvgIpc) is 2.68. The molecule has 0 saturated carbocycles. The molecular weight excluding hydrogens is 262 g/mol. The van der Waals surface area contributed by atoms with Gasteiger partial charge in [0.15, 0.2) is 9.84 Å². The normalized spacial score (nSPS) is 23.9. The van der Waals surface area contributed by atoms with Gasteiger partial charge in [0.2, 0.25) is 0 Å². The SMILES string of the molecule is COCCCCC(CNC(C)C)C1CCS(=O)(=O)C1. The van der Waals surface area contributed by atoms with E-state index in [0.717, 1.165) is 38.8 Å². The molecule has 1 N–H and O–H groups in total. The Morgan fingerprint density at radius 2 is 2.05 bits per heavy atom. The van der Waals surface area contributed by atoms with Crippen molar-refractivity contribution in [3.63, 3.8) is 0 Å². The lowest BCUT2D eigenvalue weighted by Crippen LogP contribution is -2.33. The van der Waals surface area contributed by atoms with Gasteiger partial charge in [-0.15, -0.1) is 0 Å². The van der Waals surface area contributed by atoms with Crippen LogP contribution in [-0.4, -0.2) is 46.2 Å². The van der Waals surface area contributed by atoms with Crippen LogP contribution in [0.15, 0.2) is 0 Å². The summed E-state index contributed by atoms with van der Waals surface area (Å²) in [7, 11) is -1.04. The van der Waals surface area contributed by atoms with Crippen LogP contribution in [0, 0.1) is 11.8 Å². The molecule has 19 heavy (non-hydrogen) atoms. The zero-order valence-electron chi connectivity index (χ0n) is 12.5. The van der Waals surface area contributed by atoms with E-state index in [0.29, 0.717) is 29.4 Å². The van der Waals surface area contributed by atoms with E-state index >= 15 is 0 Å². The number of methoxy groups -OCH3 is 1. The molecule has 1 aliphatic heterocycles. The van der Waals surface area contributed by atoms with Crippen LogP contribution in [0.25, 0.3) is 0 Å². The van der Waals surface area contributed by atoms with Gasteiger partial charge in [0.05, 0.1) is 11.5 Å². The van der Waals surface area contributed by atoms with Crippen LogP contribution in [0.4, 0.5) is 0 Å². The molecule has 0 radical (unpaired) electrons. The monoisotopic (exact) mass is 291 g/mol. The third-order valence-electron chi connectivity index (χ3n) is 3.90. The smallest absolute Gasteiger partial charge is 0.150 e. The Kier molecular flexibility index (Phi) is 7.32. The summed E-state index contributed by atoms with van der Waals surface area (Å²) in [5.41, 5.74) is 0. The fourth-order valence-corrected chi connectivity index (χ4v) is 4.66. The Bertz CT molecular complexity index is 341. The molecule has 1 aliphatic rings. The molecule has 2 unspecified atom stereocenters. The first-order valence-corrected chi connectivity index (χ1v) is 9.19. The summed E-state index contributed by atoms with van der Waals surface area (Å²) < 4.78 is 28.3. The number of hydrogen-bond acceptors (Lipinski definition) is 4. The van der Waals surface area contributed by atoms with Crippen molar-refractivity contribution in [2.75, 3.05) is 31.8 Å². The van der Waals surface area contributed by atoms with Crippen molar-refractivity contribution in [1.29, 1.82) is 0 Å². The molecule has 0 aromatic heterocycles. The van der Waals surface area contributed by atoms with E-state index in [1.807, 2.05) is 0 Å². The van der Waals surface area contributed by atoms with Crippen LogP contribution in [0.5, 0.6) is 0 Å². The Hall–Kier alpha value is -0.130. The van der Waals surface area contributed by atoms with Crippen LogP contribution in [0.1, 0.15) is 39.5 Å². The fourth-order valence-electron chi connectivity index (χ4n) is 2.74. The summed E-state index contributed by atoms with van der Waals surface area (Å²) in [6.45, 7) is 6.00. The summed E-state index contributed by atoms with van der Waals surface area (Å²) in [6, 6.07) is 0.458. The first-order valence-electron chi connectivity index (χ1n) is 7.37. The van der Waals surface area contributed by atoms with Crippen LogP contribution < -0.4 is 5.32 Å². The van der Waals surface area contributed by atoms with E-state index in [4.69, 9.17) is 4.74 Å². The average molecular weight is 291 g/mol. The minimum atomic E-state index is -2.77. The van der Waals surface area contributed by atoms with Crippen molar-refractivity contribution in [2.45, 2.75) is 45.6 Å². The molecule has 2 atom stereocenters. The van der Waals surface area contributed by atoms with E-state index < -0.39 is 9.84 Å². The summed E-state index contributed by atoms with van der Waals surface area (Å²) in [4.78, 5) is 0. The summed E-state index contributed by atoms with van der Waals surface area (Å²) >= 11 is 0. The van der Waals surface area contributed by atoms with Gasteiger partial charge in [-0.1, -0.05) is 20.3 Å². The quantitative estimate of drug-likeness (QED) is 0.659. The van der Waals surface area contributed by atoms with E-state index in [1.54, 1.807) is 7.11 Å². The maximum atomic E-state index is 11.6. The first kappa shape index (κ1) is 16.9. The number of rotatable bonds is 9. The van der Waals surface area contributed by atoms with Gasteiger partial charge in [0.25, 0.3) is 0 Å². The molecule has 0 amide bonds. The van der Waals surface area contributed by atoms with Crippen molar-refractivity contribution >= 4 is 9.84 Å². The summed E-state index contributed by atoms with van der Waals surface area (Å²) in [6.07, 6.45) is 4.13. The fraction of sp³-hybridized carbons (Fsp3) is 1.00. The topological polar surface area (TPSA) is 55.4 Å². The second-order valence-corrected chi connectivity index (χ2v) is 8.20. The van der Waals surface area contributed by atoms with Crippen LogP contribution in [0.2, 0.25) is 0 Å². The minimum absolute atomic E-state index is 0.346. The Morgan fingerprint density at radius 1 is 1.32 bits per heavy atom. The number of sulfone groups is 1. The van der Waals surface area contributed by atoms with Crippen LogP contribution in [0.3, 0.4) is 0 Å². The highest BCUT2D eigenvalue weighted by Crippen LogP contribution is 2.29. The van der Waals surface area contributed by atoms with Gasteiger partial charge in [-0.2, -0.15) is 0 Å². The van der Waals surface area contributed by atoms with Crippen molar-refractivity contribution in [3.05, 3.63) is 0 Å². The lowest BCUT2D eigenvalue weighted by molar-refractivity contribution is 0.187. The van der Waals surface area contributed by atoms with Crippen LogP contribution >= 0.6 is 0 Å².